The van der Waals surface area contributed by atoms with Gasteiger partial charge in [0.05, 0.1) is 10.2 Å². The van der Waals surface area contributed by atoms with E-state index >= 15 is 0 Å². The molecule has 0 saturated carbocycles. The lowest BCUT2D eigenvalue weighted by Crippen LogP contribution is -1.83. The molecule has 0 radical (unpaired) electrons. The van der Waals surface area contributed by atoms with E-state index in [-0.39, 0.29) is 0 Å². The number of hydrogen-bond donors (Lipinski definition) is 3. The third-order valence-corrected chi connectivity index (χ3v) is 0.631. The first-order valence-corrected chi connectivity index (χ1v) is 4.49. The van der Waals surface area contributed by atoms with E-state index in [0.717, 1.165) is 15.6 Å². The maximum atomic E-state index is 7.77. The van der Waals surface area contributed by atoms with Gasteiger partial charge in [-0.3, -0.25) is 0 Å². The van der Waals surface area contributed by atoms with Crippen LogP contribution in [0.15, 0.2) is 15.5 Å². The van der Waals surface area contributed by atoms with Crippen LogP contribution in [0, 0.1) is 0 Å². The molecule has 0 unspecified atom stereocenters. The first-order chi connectivity index (χ1) is 6.10. The second kappa shape index (κ2) is 22.4. The Morgan fingerprint density at radius 2 is 1.23 bits per heavy atom. The van der Waals surface area contributed by atoms with Crippen LogP contribution in [-0.4, -0.2) is 43.6 Å². The lowest BCUT2D eigenvalue weighted by molar-refractivity contribution is 0.320. The van der Waals surface area contributed by atoms with E-state index in [2.05, 4.69) is 15.5 Å². The predicted molar refractivity (Wildman–Crippen MR) is 56.7 cm³/mol. The van der Waals surface area contributed by atoms with Crippen molar-refractivity contribution in [1.29, 1.82) is 0 Å². The quantitative estimate of drug-likeness (QED) is 0.227. The molecule has 0 saturated heterocycles. The summed E-state index contributed by atoms with van der Waals surface area (Å²) < 4.78 is 0. The van der Waals surface area contributed by atoms with Gasteiger partial charge < -0.3 is 15.6 Å². The van der Waals surface area contributed by atoms with Gasteiger partial charge in [-0.15, -0.1) is 15.5 Å². The average molecular weight is 207 g/mol. The van der Waals surface area contributed by atoms with Gasteiger partial charge in [-0.25, -0.2) is 0 Å². The molecular formula is C6H17N3O3Si. The van der Waals surface area contributed by atoms with E-state index in [9.17, 15) is 0 Å². The first kappa shape index (κ1) is 17.6. The summed E-state index contributed by atoms with van der Waals surface area (Å²) in [6.07, 6.45) is 2.61. The third kappa shape index (κ3) is 115. The van der Waals surface area contributed by atoms with E-state index < -0.39 is 0 Å². The Kier molecular flexibility index (Phi) is 30.4. The molecule has 0 aromatic rings. The summed E-state index contributed by atoms with van der Waals surface area (Å²) in [6, 6.07) is 0. The van der Waals surface area contributed by atoms with Gasteiger partial charge >= 0.3 is 0 Å². The molecular weight excluding hydrogens is 190 g/mol. The van der Waals surface area contributed by atoms with Crippen LogP contribution in [0.3, 0.4) is 0 Å². The van der Waals surface area contributed by atoms with Crippen LogP contribution >= 0.6 is 0 Å². The minimum atomic E-state index is 0.824. The minimum absolute atomic E-state index is 0.824. The lowest BCUT2D eigenvalue weighted by Gasteiger charge is -1.72. The zero-order valence-corrected chi connectivity index (χ0v) is 10.3. The number of oxime groups is 3. The monoisotopic (exact) mass is 207 g/mol. The Bertz CT molecular complexity index is 137. The fourth-order valence-corrected chi connectivity index (χ4v) is 0. The molecule has 3 N–H and O–H groups in total. The topological polar surface area (TPSA) is 97.8 Å². The number of rotatable bonds is 0. The largest absolute Gasteiger partial charge is 0.411 e. The summed E-state index contributed by atoms with van der Waals surface area (Å²) in [5, 5.41) is 31.6. The van der Waals surface area contributed by atoms with Crippen LogP contribution in [0.5, 0.6) is 0 Å². The van der Waals surface area contributed by atoms with Crippen molar-refractivity contribution in [2.24, 2.45) is 15.5 Å². The molecule has 78 valence electrons. The summed E-state index contributed by atoms with van der Waals surface area (Å²) in [5.74, 6) is 0. The SMILES string of the molecule is CC([SiH3])=NO.CC=NO.CC=NO. The maximum absolute atomic E-state index is 7.77. The molecule has 0 aliphatic rings. The number of nitrogens with zero attached hydrogens (tertiary/aromatic N) is 3. The van der Waals surface area contributed by atoms with Crippen molar-refractivity contribution in [3.8, 4) is 0 Å². The van der Waals surface area contributed by atoms with E-state index in [1.807, 2.05) is 0 Å². The highest BCUT2D eigenvalue weighted by atomic mass is 28.1. The van der Waals surface area contributed by atoms with Gasteiger partial charge in [0, 0.05) is 17.8 Å². The predicted octanol–water partition coefficient (Wildman–Crippen LogP) is 0.0920. The summed E-state index contributed by atoms with van der Waals surface area (Å²) in [4.78, 5) is 0. The van der Waals surface area contributed by atoms with Crippen LogP contribution in [0.4, 0.5) is 0 Å². The standard InChI is InChI=1S/C2H7NOSi.2C2H5NO/c1-2(5)3-4;2*1-2-3-4/h4H,1,5H3;2*2,4H,1H3. The van der Waals surface area contributed by atoms with Crippen molar-refractivity contribution < 1.29 is 15.6 Å². The Hall–Kier alpha value is -1.37. The van der Waals surface area contributed by atoms with E-state index in [1.54, 1.807) is 20.8 Å². The smallest absolute Gasteiger partial charge is 0.0609 e. The van der Waals surface area contributed by atoms with Gasteiger partial charge in [-0.2, -0.15) is 0 Å². The fraction of sp³-hybridized carbons (Fsp3) is 0.500. The normalized spacial score (nSPS) is 10.5. The molecule has 0 fully saturated rings. The van der Waals surface area contributed by atoms with Gasteiger partial charge in [0.15, 0.2) is 0 Å². The van der Waals surface area contributed by atoms with Crippen molar-refractivity contribution >= 4 is 28.0 Å². The van der Waals surface area contributed by atoms with Gasteiger partial charge in [-0.1, -0.05) is 0 Å². The van der Waals surface area contributed by atoms with Crippen LogP contribution in [0.25, 0.3) is 0 Å². The van der Waals surface area contributed by atoms with Gasteiger partial charge in [0.25, 0.3) is 0 Å². The second-order valence-corrected chi connectivity index (χ2v) is 3.24. The summed E-state index contributed by atoms with van der Waals surface area (Å²) >= 11 is 0. The maximum Gasteiger partial charge on any atom is 0.0609 e. The van der Waals surface area contributed by atoms with Crippen LogP contribution in [-0.2, 0) is 0 Å². The molecule has 7 heteroatoms. The van der Waals surface area contributed by atoms with E-state index in [0.29, 0.717) is 0 Å². The van der Waals surface area contributed by atoms with Crippen LogP contribution < -0.4 is 0 Å². The van der Waals surface area contributed by atoms with Crippen molar-refractivity contribution in [2.75, 3.05) is 0 Å². The zero-order valence-electron chi connectivity index (χ0n) is 8.34. The van der Waals surface area contributed by atoms with Gasteiger partial charge in [0.2, 0.25) is 0 Å². The van der Waals surface area contributed by atoms with Gasteiger partial charge in [-0.05, 0) is 20.8 Å². The average Bonchev–Trinajstić information content (AvgIpc) is 2.18. The third-order valence-electron chi connectivity index (χ3n) is 0.431. The number of hydrogen-bond acceptors (Lipinski definition) is 6. The van der Waals surface area contributed by atoms with E-state index in [1.165, 1.54) is 12.4 Å². The van der Waals surface area contributed by atoms with Crippen molar-refractivity contribution in [3.05, 3.63) is 0 Å². The van der Waals surface area contributed by atoms with Crippen molar-refractivity contribution in [2.45, 2.75) is 20.8 Å². The Morgan fingerprint density at radius 1 is 1.08 bits per heavy atom. The van der Waals surface area contributed by atoms with Gasteiger partial charge in [0.1, 0.15) is 0 Å². The molecule has 0 heterocycles. The lowest BCUT2D eigenvalue weighted by atomic mass is 10.9. The molecule has 0 rings (SSSR count). The first-order valence-electron chi connectivity index (χ1n) is 3.49. The highest BCUT2D eigenvalue weighted by molar-refractivity contribution is 6.58. The molecule has 0 spiro atoms. The minimum Gasteiger partial charge on any atom is -0.411 e. The molecule has 0 amide bonds. The molecule has 0 atom stereocenters. The van der Waals surface area contributed by atoms with E-state index in [4.69, 9.17) is 15.6 Å². The second-order valence-electron chi connectivity index (χ2n) is 1.79. The fourth-order valence-electron chi connectivity index (χ4n) is 0. The Balaban J connectivity index is -0.000000117. The molecule has 0 aromatic heterocycles. The summed E-state index contributed by atoms with van der Waals surface area (Å²) in [5.41, 5.74) is 0. The Labute approximate surface area is 80.7 Å². The van der Waals surface area contributed by atoms with Crippen LogP contribution in [0.1, 0.15) is 20.8 Å². The van der Waals surface area contributed by atoms with Crippen molar-refractivity contribution in [3.63, 3.8) is 0 Å². The van der Waals surface area contributed by atoms with Crippen molar-refractivity contribution in [1.82, 2.24) is 0 Å². The molecule has 0 aliphatic carbocycles. The Morgan fingerprint density at radius 3 is 1.23 bits per heavy atom. The molecule has 6 nitrogen and oxygen atoms in total. The zero-order chi connectivity index (χ0) is 11.1. The summed E-state index contributed by atoms with van der Waals surface area (Å²) in [7, 11) is 0.870. The molecule has 13 heavy (non-hydrogen) atoms. The molecule has 0 aliphatic heterocycles. The highest BCUT2D eigenvalue weighted by Gasteiger charge is 1.65. The molecule has 0 bridgehead atoms. The highest BCUT2D eigenvalue weighted by Crippen LogP contribution is 1.56. The molecule has 0 aromatic carbocycles. The summed E-state index contributed by atoms with van der Waals surface area (Å²) in [6.45, 7) is 5.06. The van der Waals surface area contributed by atoms with Crippen LogP contribution in [0.2, 0.25) is 0 Å².